The number of carboxylic acids is 1. The first-order chi connectivity index (χ1) is 14.9. The number of Topliss-reactive ketones (excluding diaryl/α,β-unsaturated/α-hetero) is 1. The number of carboxylic acid groups (broad SMARTS) is 1. The van der Waals surface area contributed by atoms with Gasteiger partial charge in [0.25, 0.3) is 0 Å². The average Bonchev–Trinajstić information content (AvgIpc) is 3.06. The van der Waals surface area contributed by atoms with Crippen LogP contribution in [0.1, 0.15) is 57.5 Å². The van der Waals surface area contributed by atoms with E-state index in [1.807, 2.05) is 0 Å². The third-order valence-corrected chi connectivity index (χ3v) is 9.99. The Balaban J connectivity index is 2.74. The highest BCUT2D eigenvalue weighted by Crippen LogP contribution is 2.69. The molecule has 0 aromatic heterocycles. The molecule has 1 aromatic rings. The highest BCUT2D eigenvalue weighted by Gasteiger charge is 2.56. The zero-order valence-corrected chi connectivity index (χ0v) is 20.4. The van der Waals surface area contributed by atoms with Gasteiger partial charge in [-0.15, -0.1) is 19.1 Å². The summed E-state index contributed by atoms with van der Waals surface area (Å²) in [5.74, 6) is -1.83. The second-order valence-corrected chi connectivity index (χ2v) is 9.98. The summed E-state index contributed by atoms with van der Waals surface area (Å²) in [7, 11) is -2.50. The molecule has 1 aliphatic rings. The quantitative estimate of drug-likeness (QED) is 0.360. The fourth-order valence-corrected chi connectivity index (χ4v) is 8.09. The molecule has 0 spiro atoms. The third kappa shape index (κ3) is 4.48. The first kappa shape index (κ1) is 25.3. The molecule has 0 amide bonds. The Bertz CT molecular complexity index is 827. The maximum atomic E-state index is 13.0. The van der Waals surface area contributed by atoms with Crippen LogP contribution < -0.4 is 5.11 Å². The number of hydrogen-bond donors (Lipinski definition) is 0. The van der Waals surface area contributed by atoms with Gasteiger partial charge in [-0.2, -0.15) is 0 Å². The minimum atomic E-state index is -2.50. The molecule has 0 unspecified atom stereocenters. The average molecular weight is 448 g/mol. The first-order valence-corrected chi connectivity index (χ1v) is 12.7. The maximum Gasteiger partial charge on any atom is 0.379 e. The van der Waals surface area contributed by atoms with Crippen molar-refractivity contribution in [1.29, 1.82) is 0 Å². The number of benzene rings is 1. The fourth-order valence-electron chi connectivity index (χ4n) is 4.19. The topological polar surface area (TPSA) is 91.6 Å². The molecule has 0 saturated heterocycles. The van der Waals surface area contributed by atoms with Crippen molar-refractivity contribution < 1.29 is 14.7 Å². The molecule has 0 fully saturated rings. The van der Waals surface area contributed by atoms with Gasteiger partial charge in [-0.25, -0.2) is 0 Å². The van der Waals surface area contributed by atoms with Crippen LogP contribution in [0, 0.1) is 0 Å². The smallest absolute Gasteiger partial charge is 0.379 e. The molecule has 0 heterocycles. The van der Waals surface area contributed by atoms with Gasteiger partial charge in [-0.3, -0.25) is 4.79 Å². The lowest BCUT2D eigenvalue weighted by atomic mass is 10.1. The van der Waals surface area contributed by atoms with E-state index in [0.717, 1.165) is 39.3 Å². The summed E-state index contributed by atoms with van der Waals surface area (Å²) in [5.41, 5.74) is 0.352. The largest absolute Gasteiger partial charge is 0.545 e. The van der Waals surface area contributed by atoms with Gasteiger partial charge in [0.05, 0.1) is 5.97 Å². The van der Waals surface area contributed by atoms with Crippen LogP contribution in [0.25, 0.3) is 5.57 Å². The van der Waals surface area contributed by atoms with E-state index in [1.54, 1.807) is 24.3 Å². The van der Waals surface area contributed by atoms with Crippen LogP contribution in [0.2, 0.25) is 0 Å². The van der Waals surface area contributed by atoms with Crippen molar-refractivity contribution in [2.75, 3.05) is 39.3 Å². The first-order valence-electron chi connectivity index (χ1n) is 11.1. The van der Waals surface area contributed by atoms with Gasteiger partial charge < -0.3 is 9.90 Å². The molecule has 1 aliphatic carbocycles. The van der Waals surface area contributed by atoms with Crippen LogP contribution in [0.3, 0.4) is 0 Å². The molecule has 0 bridgehead atoms. The molecule has 8 nitrogen and oxygen atoms in total. The van der Waals surface area contributed by atoms with E-state index in [2.05, 4.69) is 60.7 Å². The van der Waals surface area contributed by atoms with Crippen molar-refractivity contribution in [2.24, 2.45) is 10.00 Å². The molecular formula is C22H34N5O3P. The highest BCUT2D eigenvalue weighted by atomic mass is 31.2. The summed E-state index contributed by atoms with van der Waals surface area (Å²) in [6, 6.07) is 6.64. The zero-order chi connectivity index (χ0) is 23.2. The lowest BCUT2D eigenvalue weighted by Crippen LogP contribution is -2.44. The number of carbonyl (C=O) groups excluding carboxylic acids is 2. The fraction of sp³-hybridized carbons (Fsp3) is 0.545. The van der Waals surface area contributed by atoms with Crippen molar-refractivity contribution in [1.82, 2.24) is 14.0 Å². The summed E-state index contributed by atoms with van der Waals surface area (Å²) in [5, 5.41) is 16.3. The minimum absolute atomic E-state index is 0.142. The van der Waals surface area contributed by atoms with Crippen LogP contribution in [-0.2, 0) is 4.79 Å². The number of rotatable bonds is 12. The molecule has 0 radical (unpaired) electrons. The van der Waals surface area contributed by atoms with Crippen LogP contribution >= 0.6 is 7.87 Å². The van der Waals surface area contributed by atoms with Crippen LogP contribution in [0.15, 0.2) is 40.0 Å². The molecule has 0 aliphatic heterocycles. The monoisotopic (exact) mass is 447 g/mol. The number of hydrogen-bond acceptors (Lipinski definition) is 8. The number of carbonyl (C=O) groups is 2. The summed E-state index contributed by atoms with van der Waals surface area (Å²) in [6.07, 6.45) is 0. The SMILES string of the molecule is CCN(CC)[P+](N=NC1=C(C(=O)[O-])c2ccccc2C1=O)(N(CC)CC)N(CC)CC. The summed E-state index contributed by atoms with van der Waals surface area (Å²) < 4.78 is 6.88. The van der Waals surface area contributed by atoms with Crippen molar-refractivity contribution in [3.05, 3.63) is 41.1 Å². The molecule has 170 valence electrons. The van der Waals surface area contributed by atoms with Gasteiger partial charge in [0, 0.05) is 55.3 Å². The Morgan fingerprint density at radius 2 is 1.26 bits per heavy atom. The van der Waals surface area contributed by atoms with Crippen LogP contribution in [0.4, 0.5) is 0 Å². The predicted octanol–water partition coefficient (Wildman–Crippen LogP) is 3.50. The van der Waals surface area contributed by atoms with E-state index in [9.17, 15) is 14.7 Å². The Labute approximate surface area is 186 Å². The maximum absolute atomic E-state index is 13.0. The van der Waals surface area contributed by atoms with Gasteiger partial charge in [-0.05, 0) is 47.1 Å². The molecule has 0 N–H and O–H groups in total. The lowest BCUT2D eigenvalue weighted by molar-refractivity contribution is -0.295. The van der Waals surface area contributed by atoms with Crippen molar-refractivity contribution in [2.45, 2.75) is 41.5 Å². The Kier molecular flexibility index (Phi) is 9.01. The normalized spacial score (nSPS) is 14.5. The van der Waals surface area contributed by atoms with Gasteiger partial charge >= 0.3 is 7.87 Å². The van der Waals surface area contributed by atoms with Crippen molar-refractivity contribution >= 4 is 25.2 Å². The molecule has 31 heavy (non-hydrogen) atoms. The van der Waals surface area contributed by atoms with Gasteiger partial charge in [0.1, 0.15) is 5.70 Å². The Morgan fingerprint density at radius 1 is 0.839 bits per heavy atom. The molecular weight excluding hydrogens is 413 g/mol. The molecule has 0 saturated carbocycles. The predicted molar refractivity (Wildman–Crippen MR) is 123 cm³/mol. The molecule has 9 heteroatoms. The summed E-state index contributed by atoms with van der Waals surface area (Å²) in [4.78, 5) is 29.8. The minimum Gasteiger partial charge on any atom is -0.545 e. The number of ketones is 1. The molecule has 2 rings (SSSR count). The Hall–Kier alpha value is -1.99. The zero-order valence-electron chi connectivity index (χ0n) is 19.5. The number of fused-ring (bicyclic) bond motifs is 1. The Morgan fingerprint density at radius 3 is 1.65 bits per heavy atom. The van der Waals surface area contributed by atoms with E-state index in [1.165, 1.54) is 0 Å². The highest BCUT2D eigenvalue weighted by molar-refractivity contribution is 7.67. The molecule has 0 atom stereocenters. The van der Waals surface area contributed by atoms with Gasteiger partial charge in [-0.1, -0.05) is 24.3 Å². The van der Waals surface area contributed by atoms with E-state index < -0.39 is 19.6 Å². The van der Waals surface area contributed by atoms with E-state index >= 15 is 0 Å². The van der Waals surface area contributed by atoms with Crippen LogP contribution in [-0.4, -0.2) is 65.0 Å². The third-order valence-electron chi connectivity index (χ3n) is 5.69. The number of aliphatic carboxylic acids is 1. The second-order valence-electron chi connectivity index (χ2n) is 7.03. The number of allylic oxidation sites excluding steroid dienone is 1. The molecule has 1 aromatic carbocycles. The lowest BCUT2D eigenvalue weighted by Gasteiger charge is -2.41. The summed E-state index contributed by atoms with van der Waals surface area (Å²) >= 11 is 0. The summed E-state index contributed by atoms with van der Waals surface area (Å²) in [6.45, 7) is 17.1. The van der Waals surface area contributed by atoms with Crippen LogP contribution in [0.5, 0.6) is 0 Å². The van der Waals surface area contributed by atoms with Gasteiger partial charge in [0.15, 0.2) is 0 Å². The van der Waals surface area contributed by atoms with Crippen molar-refractivity contribution in [3.8, 4) is 0 Å². The standard InChI is InChI=1S/C22H34N5O3P/c1-7-25(8-2)31(26(9-3)10-4,27(11-5)12-6)24-23-20-19(22(29)30)17-15-13-14-16-18(17)21(20)28/h13-16H,7-12H2,1-6H3. The second kappa shape index (κ2) is 11.0. The van der Waals surface area contributed by atoms with E-state index in [-0.39, 0.29) is 11.3 Å². The number of nitrogens with zero attached hydrogens (tertiary/aromatic N) is 5. The van der Waals surface area contributed by atoms with E-state index in [4.69, 9.17) is 4.88 Å². The van der Waals surface area contributed by atoms with E-state index in [0.29, 0.717) is 11.1 Å². The van der Waals surface area contributed by atoms with Crippen molar-refractivity contribution in [3.63, 3.8) is 0 Å². The van der Waals surface area contributed by atoms with Gasteiger partial charge in [0.2, 0.25) is 5.78 Å².